The molecule has 30 heavy (non-hydrogen) atoms. The van der Waals surface area contributed by atoms with Gasteiger partial charge in [-0.25, -0.2) is 4.98 Å². The maximum absolute atomic E-state index is 12.1. The van der Waals surface area contributed by atoms with Crippen molar-refractivity contribution in [3.05, 3.63) is 94.1 Å². The van der Waals surface area contributed by atoms with Crippen LogP contribution >= 0.6 is 0 Å². The topological polar surface area (TPSA) is 85.8 Å². The molecular weight excluding hydrogens is 382 g/mol. The zero-order valence-electron chi connectivity index (χ0n) is 16.5. The standard InChI is InChI=1S/C23H21N3O4/c1-16-13-21-24-19(14-23(28)26(21)30-16)15-29-20-10-8-18(9-11-20)25-22(27)12-7-17-5-3-2-4-6-17/h2-6,8-11,13-14H,7,12,15H2,1H3,(H,25,27). The molecule has 0 aliphatic carbocycles. The molecule has 2 aromatic carbocycles. The van der Waals surface area contributed by atoms with E-state index >= 15 is 0 Å². The number of fused-ring (bicyclic) bond motifs is 1. The molecule has 0 aliphatic heterocycles. The Balaban J connectivity index is 1.31. The zero-order valence-corrected chi connectivity index (χ0v) is 16.5. The van der Waals surface area contributed by atoms with Gasteiger partial charge in [-0.2, -0.15) is 0 Å². The van der Waals surface area contributed by atoms with Crippen molar-refractivity contribution < 1.29 is 14.1 Å². The number of carbonyl (C=O) groups is 1. The zero-order chi connectivity index (χ0) is 20.9. The number of nitrogens with zero attached hydrogens (tertiary/aromatic N) is 2. The minimum atomic E-state index is -0.291. The fourth-order valence-electron chi connectivity index (χ4n) is 3.07. The van der Waals surface area contributed by atoms with E-state index in [1.165, 1.54) is 6.07 Å². The lowest BCUT2D eigenvalue weighted by atomic mass is 10.1. The fourth-order valence-corrected chi connectivity index (χ4v) is 3.07. The molecule has 0 fully saturated rings. The van der Waals surface area contributed by atoms with Crippen molar-refractivity contribution in [2.24, 2.45) is 0 Å². The van der Waals surface area contributed by atoms with Gasteiger partial charge >= 0.3 is 0 Å². The van der Waals surface area contributed by atoms with Crippen LogP contribution in [0.1, 0.15) is 23.4 Å². The number of carbonyl (C=O) groups excluding carboxylic acids is 1. The summed E-state index contributed by atoms with van der Waals surface area (Å²) >= 11 is 0. The first kappa shape index (κ1) is 19.4. The van der Waals surface area contributed by atoms with Gasteiger partial charge in [0.25, 0.3) is 5.56 Å². The fraction of sp³-hybridized carbons (Fsp3) is 0.174. The van der Waals surface area contributed by atoms with Gasteiger partial charge in [0.1, 0.15) is 18.1 Å². The van der Waals surface area contributed by atoms with Gasteiger partial charge in [-0.1, -0.05) is 30.3 Å². The number of anilines is 1. The second-order valence-electron chi connectivity index (χ2n) is 6.93. The van der Waals surface area contributed by atoms with Gasteiger partial charge in [0.05, 0.1) is 5.69 Å². The molecule has 0 unspecified atom stereocenters. The Morgan fingerprint density at radius 3 is 2.63 bits per heavy atom. The number of benzene rings is 2. The van der Waals surface area contributed by atoms with Crippen LogP contribution in [-0.4, -0.2) is 15.5 Å². The van der Waals surface area contributed by atoms with Gasteiger partial charge in [0, 0.05) is 24.2 Å². The summed E-state index contributed by atoms with van der Waals surface area (Å²) in [5, 5.41) is 2.88. The van der Waals surface area contributed by atoms with Crippen LogP contribution in [0.4, 0.5) is 5.69 Å². The molecule has 7 heteroatoms. The van der Waals surface area contributed by atoms with Crippen molar-refractivity contribution in [1.82, 2.24) is 9.56 Å². The number of ether oxygens (including phenoxy) is 1. The van der Waals surface area contributed by atoms with Crippen LogP contribution in [-0.2, 0) is 17.8 Å². The Kier molecular flexibility index (Phi) is 5.61. The summed E-state index contributed by atoms with van der Waals surface area (Å²) in [5.74, 6) is 1.18. The van der Waals surface area contributed by atoms with E-state index in [1.54, 1.807) is 37.3 Å². The van der Waals surface area contributed by atoms with E-state index < -0.39 is 0 Å². The van der Waals surface area contributed by atoms with Crippen molar-refractivity contribution in [3.63, 3.8) is 0 Å². The molecule has 152 valence electrons. The van der Waals surface area contributed by atoms with Gasteiger partial charge in [-0.05, 0) is 43.2 Å². The molecule has 2 aromatic heterocycles. The monoisotopic (exact) mass is 403 g/mol. The third kappa shape index (κ3) is 4.75. The van der Waals surface area contributed by atoms with Crippen LogP contribution in [0.15, 0.2) is 76.0 Å². The number of hydrogen-bond acceptors (Lipinski definition) is 5. The minimum absolute atomic E-state index is 0.0408. The van der Waals surface area contributed by atoms with Gasteiger partial charge in [-0.3, -0.25) is 9.59 Å². The van der Waals surface area contributed by atoms with E-state index in [9.17, 15) is 9.59 Å². The predicted octanol–water partition coefficient (Wildman–Crippen LogP) is 3.75. The second kappa shape index (κ2) is 8.65. The summed E-state index contributed by atoms with van der Waals surface area (Å²) in [6.45, 7) is 1.91. The molecule has 0 spiro atoms. The SMILES string of the molecule is Cc1cc2nc(COc3ccc(NC(=O)CCc4ccccc4)cc3)cc(=O)n2o1. The van der Waals surface area contributed by atoms with E-state index in [-0.39, 0.29) is 18.1 Å². The maximum atomic E-state index is 12.1. The molecule has 2 heterocycles. The Bertz CT molecular complexity index is 1210. The number of rotatable bonds is 7. The van der Waals surface area contributed by atoms with Crippen LogP contribution in [0.2, 0.25) is 0 Å². The summed E-state index contributed by atoms with van der Waals surface area (Å²) in [7, 11) is 0. The van der Waals surface area contributed by atoms with Gasteiger partial charge in [-0.15, -0.1) is 4.57 Å². The minimum Gasteiger partial charge on any atom is -0.487 e. The van der Waals surface area contributed by atoms with E-state index in [1.807, 2.05) is 30.3 Å². The highest BCUT2D eigenvalue weighted by atomic mass is 16.5. The molecule has 1 amide bonds. The number of aromatic nitrogens is 2. The van der Waals surface area contributed by atoms with Gasteiger partial charge in [0.15, 0.2) is 5.65 Å². The lowest BCUT2D eigenvalue weighted by molar-refractivity contribution is -0.116. The largest absolute Gasteiger partial charge is 0.487 e. The summed E-state index contributed by atoms with van der Waals surface area (Å²) < 4.78 is 12.1. The van der Waals surface area contributed by atoms with Crippen molar-refractivity contribution in [1.29, 1.82) is 0 Å². The van der Waals surface area contributed by atoms with E-state index in [0.717, 1.165) is 10.1 Å². The van der Waals surface area contributed by atoms with Crippen LogP contribution in [0.3, 0.4) is 0 Å². The molecule has 1 N–H and O–H groups in total. The van der Waals surface area contributed by atoms with Crippen molar-refractivity contribution >= 4 is 17.2 Å². The normalized spacial score (nSPS) is 10.8. The Hall–Kier alpha value is -3.87. The highest BCUT2D eigenvalue weighted by molar-refractivity contribution is 5.90. The van der Waals surface area contributed by atoms with Crippen molar-refractivity contribution in [2.45, 2.75) is 26.4 Å². The molecule has 0 saturated heterocycles. The van der Waals surface area contributed by atoms with Gasteiger partial charge < -0.3 is 14.6 Å². The number of amides is 1. The summed E-state index contributed by atoms with van der Waals surface area (Å²) in [4.78, 5) is 28.5. The summed E-state index contributed by atoms with van der Waals surface area (Å²) in [5.41, 5.74) is 2.51. The Labute approximate surface area is 172 Å². The average Bonchev–Trinajstić information content (AvgIpc) is 3.13. The molecule has 0 atom stereocenters. The molecule has 0 aliphatic rings. The molecule has 0 saturated carbocycles. The predicted molar refractivity (Wildman–Crippen MR) is 113 cm³/mol. The lowest BCUT2D eigenvalue weighted by Gasteiger charge is -2.08. The van der Waals surface area contributed by atoms with E-state index in [2.05, 4.69) is 10.3 Å². The van der Waals surface area contributed by atoms with E-state index in [0.29, 0.717) is 41.4 Å². The molecule has 4 rings (SSSR count). The van der Waals surface area contributed by atoms with E-state index in [4.69, 9.17) is 9.26 Å². The lowest BCUT2D eigenvalue weighted by Crippen LogP contribution is -2.14. The number of hydrogen-bond donors (Lipinski definition) is 1. The van der Waals surface area contributed by atoms with Crippen LogP contribution in [0, 0.1) is 6.92 Å². The highest BCUT2D eigenvalue weighted by Crippen LogP contribution is 2.17. The number of aryl methyl sites for hydroxylation is 2. The van der Waals surface area contributed by atoms with Crippen molar-refractivity contribution in [2.75, 3.05) is 5.32 Å². The molecule has 0 bridgehead atoms. The third-order valence-corrected chi connectivity index (χ3v) is 4.53. The third-order valence-electron chi connectivity index (χ3n) is 4.53. The summed E-state index contributed by atoms with van der Waals surface area (Å²) in [6, 6.07) is 20.1. The van der Waals surface area contributed by atoms with Crippen LogP contribution < -0.4 is 15.6 Å². The van der Waals surface area contributed by atoms with Crippen LogP contribution in [0.25, 0.3) is 5.65 Å². The molecule has 0 radical (unpaired) electrons. The van der Waals surface area contributed by atoms with Crippen LogP contribution in [0.5, 0.6) is 5.75 Å². The van der Waals surface area contributed by atoms with Gasteiger partial charge in [0.2, 0.25) is 5.91 Å². The smallest absolute Gasteiger partial charge is 0.287 e. The second-order valence-corrected chi connectivity index (χ2v) is 6.93. The first-order valence-corrected chi connectivity index (χ1v) is 9.63. The number of nitrogens with one attached hydrogen (secondary N) is 1. The first-order chi connectivity index (χ1) is 14.6. The first-order valence-electron chi connectivity index (χ1n) is 9.63. The van der Waals surface area contributed by atoms with Crippen molar-refractivity contribution in [3.8, 4) is 5.75 Å². The Morgan fingerprint density at radius 2 is 1.87 bits per heavy atom. The Morgan fingerprint density at radius 1 is 1.10 bits per heavy atom. The quantitative estimate of drug-likeness (QED) is 0.508. The maximum Gasteiger partial charge on any atom is 0.287 e. The summed E-state index contributed by atoms with van der Waals surface area (Å²) in [6.07, 6.45) is 1.11. The molecule has 4 aromatic rings. The molecule has 7 nitrogen and oxygen atoms in total. The average molecular weight is 403 g/mol. The highest BCUT2D eigenvalue weighted by Gasteiger charge is 2.08. The molecular formula is C23H21N3O4.